The Hall–Kier alpha value is -1.93. The largest absolute Gasteiger partial charge is 0.497 e. The van der Waals surface area contributed by atoms with E-state index in [0.717, 1.165) is 5.56 Å². The fourth-order valence-corrected chi connectivity index (χ4v) is 2.20. The van der Waals surface area contributed by atoms with Gasteiger partial charge in [0.15, 0.2) is 12.4 Å². The lowest BCUT2D eigenvalue weighted by Gasteiger charge is -2.38. The van der Waals surface area contributed by atoms with Gasteiger partial charge in [0.1, 0.15) is 18.0 Å². The van der Waals surface area contributed by atoms with Gasteiger partial charge in [-0.05, 0) is 30.7 Å². The van der Waals surface area contributed by atoms with Crippen LogP contribution in [0.5, 0.6) is 5.75 Å². The Balaban J connectivity index is 1.98. The second-order valence-electron chi connectivity index (χ2n) is 5.22. The van der Waals surface area contributed by atoms with Crippen molar-refractivity contribution >= 4 is 12.0 Å². The average molecular weight is 324 g/mol. The summed E-state index contributed by atoms with van der Waals surface area (Å²) in [6, 6.07) is 7.00. The Kier molecular flexibility index (Phi) is 5.73. The SMILES string of the molecule is COc1ccc(/C=C/C(=O)O[C@@H]2[C@@H](O)[C@H](C)OC(O)[C@@H]2O)cc1. The van der Waals surface area contributed by atoms with Gasteiger partial charge in [0.05, 0.1) is 13.2 Å². The minimum Gasteiger partial charge on any atom is -0.497 e. The van der Waals surface area contributed by atoms with E-state index in [9.17, 15) is 20.1 Å². The summed E-state index contributed by atoms with van der Waals surface area (Å²) in [5.74, 6) is -0.0497. The van der Waals surface area contributed by atoms with Crippen LogP contribution >= 0.6 is 0 Å². The predicted octanol–water partition coefficient (Wildman–Crippen LogP) is 0.0791. The molecule has 2 rings (SSSR count). The average Bonchev–Trinajstić information content (AvgIpc) is 2.55. The van der Waals surface area contributed by atoms with Gasteiger partial charge >= 0.3 is 5.97 Å². The predicted molar refractivity (Wildman–Crippen MR) is 80.5 cm³/mol. The van der Waals surface area contributed by atoms with Crippen molar-refractivity contribution in [2.45, 2.75) is 37.6 Å². The molecule has 0 radical (unpaired) electrons. The van der Waals surface area contributed by atoms with Crippen molar-refractivity contribution in [3.05, 3.63) is 35.9 Å². The van der Waals surface area contributed by atoms with Crippen LogP contribution in [-0.2, 0) is 14.3 Å². The van der Waals surface area contributed by atoms with Crippen molar-refractivity contribution in [1.82, 2.24) is 0 Å². The fraction of sp³-hybridized carbons (Fsp3) is 0.438. The van der Waals surface area contributed by atoms with E-state index < -0.39 is 36.7 Å². The maximum atomic E-state index is 11.8. The summed E-state index contributed by atoms with van der Waals surface area (Å²) in [6.07, 6.45) is -3.59. The number of esters is 1. The molecule has 3 N–H and O–H groups in total. The molecule has 23 heavy (non-hydrogen) atoms. The molecule has 1 fully saturated rings. The topological polar surface area (TPSA) is 105 Å². The number of carbonyl (C=O) groups excluding carboxylic acids is 1. The molecule has 0 amide bonds. The molecule has 1 unspecified atom stereocenters. The molecule has 1 saturated heterocycles. The van der Waals surface area contributed by atoms with Gasteiger partial charge in [-0.3, -0.25) is 0 Å². The number of aliphatic hydroxyl groups excluding tert-OH is 3. The summed E-state index contributed by atoms with van der Waals surface area (Å²) < 4.78 is 15.0. The van der Waals surface area contributed by atoms with Gasteiger partial charge in [-0.2, -0.15) is 0 Å². The number of rotatable bonds is 4. The first-order valence-corrected chi connectivity index (χ1v) is 7.15. The fourth-order valence-electron chi connectivity index (χ4n) is 2.20. The normalized spacial score (nSPS) is 31.1. The number of ether oxygens (including phenoxy) is 3. The lowest BCUT2D eigenvalue weighted by Crippen LogP contribution is -2.58. The third-order valence-electron chi connectivity index (χ3n) is 3.58. The van der Waals surface area contributed by atoms with E-state index in [0.29, 0.717) is 5.75 Å². The zero-order valence-corrected chi connectivity index (χ0v) is 12.8. The van der Waals surface area contributed by atoms with Crippen LogP contribution in [0.1, 0.15) is 12.5 Å². The molecule has 1 heterocycles. The number of methoxy groups -OCH3 is 1. The summed E-state index contributed by atoms with van der Waals surface area (Å²) in [7, 11) is 1.56. The van der Waals surface area contributed by atoms with Crippen molar-refractivity contribution in [3.8, 4) is 5.75 Å². The van der Waals surface area contributed by atoms with Crippen LogP contribution < -0.4 is 4.74 Å². The van der Waals surface area contributed by atoms with Gasteiger partial charge < -0.3 is 29.5 Å². The highest BCUT2D eigenvalue weighted by Crippen LogP contribution is 2.22. The summed E-state index contributed by atoms with van der Waals surface area (Å²) in [6.45, 7) is 1.51. The highest BCUT2D eigenvalue weighted by molar-refractivity contribution is 5.87. The Morgan fingerprint density at radius 3 is 2.43 bits per heavy atom. The molecule has 0 aromatic heterocycles. The van der Waals surface area contributed by atoms with Crippen LogP contribution in [0.15, 0.2) is 30.3 Å². The van der Waals surface area contributed by atoms with Gasteiger partial charge in [-0.25, -0.2) is 4.79 Å². The van der Waals surface area contributed by atoms with Gasteiger partial charge in [0.2, 0.25) is 0 Å². The maximum absolute atomic E-state index is 11.8. The van der Waals surface area contributed by atoms with Crippen molar-refractivity contribution < 1.29 is 34.3 Å². The second kappa shape index (κ2) is 7.56. The van der Waals surface area contributed by atoms with Crippen molar-refractivity contribution in [2.24, 2.45) is 0 Å². The lowest BCUT2D eigenvalue weighted by molar-refractivity contribution is -0.280. The molecule has 1 aromatic carbocycles. The zero-order chi connectivity index (χ0) is 17.0. The Bertz CT molecular complexity index is 540. The standard InChI is InChI=1S/C16H20O7/c1-9-13(18)15(14(19)16(20)22-9)23-12(17)8-5-10-3-6-11(21-2)7-4-10/h3-9,13-16,18-20H,1-2H3/b8-5+/t9-,13-,14+,15+,16?/m0/s1. The zero-order valence-electron chi connectivity index (χ0n) is 12.8. The summed E-state index contributed by atoms with van der Waals surface area (Å²) in [5, 5.41) is 29.2. The lowest BCUT2D eigenvalue weighted by atomic mass is 10.00. The van der Waals surface area contributed by atoms with Gasteiger partial charge in [0, 0.05) is 6.08 Å². The van der Waals surface area contributed by atoms with E-state index in [1.807, 2.05) is 0 Å². The second-order valence-corrected chi connectivity index (χ2v) is 5.22. The molecule has 0 aliphatic carbocycles. The quantitative estimate of drug-likeness (QED) is 0.532. The molecule has 0 spiro atoms. The number of hydrogen-bond acceptors (Lipinski definition) is 7. The smallest absolute Gasteiger partial charge is 0.331 e. The van der Waals surface area contributed by atoms with Crippen molar-refractivity contribution in [3.63, 3.8) is 0 Å². The highest BCUT2D eigenvalue weighted by Gasteiger charge is 2.44. The van der Waals surface area contributed by atoms with E-state index in [4.69, 9.17) is 14.2 Å². The third-order valence-corrected chi connectivity index (χ3v) is 3.58. The molecule has 0 saturated carbocycles. The van der Waals surface area contributed by atoms with E-state index in [2.05, 4.69) is 0 Å². The molecule has 1 aliphatic heterocycles. The molecule has 126 valence electrons. The molecule has 7 nitrogen and oxygen atoms in total. The van der Waals surface area contributed by atoms with E-state index in [1.54, 1.807) is 31.4 Å². The third kappa shape index (κ3) is 4.29. The maximum Gasteiger partial charge on any atom is 0.331 e. The van der Waals surface area contributed by atoms with Crippen LogP contribution in [0.25, 0.3) is 6.08 Å². The monoisotopic (exact) mass is 324 g/mol. The Morgan fingerprint density at radius 2 is 1.83 bits per heavy atom. The van der Waals surface area contributed by atoms with E-state index in [-0.39, 0.29) is 0 Å². The minimum atomic E-state index is -1.52. The molecule has 1 aromatic rings. The first-order valence-electron chi connectivity index (χ1n) is 7.15. The van der Waals surface area contributed by atoms with Crippen LogP contribution in [0, 0.1) is 0 Å². The Morgan fingerprint density at radius 1 is 1.17 bits per heavy atom. The van der Waals surface area contributed by atoms with Crippen molar-refractivity contribution in [2.75, 3.05) is 7.11 Å². The van der Waals surface area contributed by atoms with Crippen LogP contribution in [-0.4, -0.2) is 59.1 Å². The number of hydrogen-bond donors (Lipinski definition) is 3. The van der Waals surface area contributed by atoms with Gasteiger partial charge in [0.25, 0.3) is 0 Å². The van der Waals surface area contributed by atoms with Crippen molar-refractivity contribution in [1.29, 1.82) is 0 Å². The van der Waals surface area contributed by atoms with Crippen LogP contribution in [0.3, 0.4) is 0 Å². The van der Waals surface area contributed by atoms with Crippen LogP contribution in [0.2, 0.25) is 0 Å². The van der Waals surface area contributed by atoms with Gasteiger partial charge in [-0.1, -0.05) is 12.1 Å². The summed E-state index contributed by atoms with van der Waals surface area (Å²) in [4.78, 5) is 11.8. The number of aliphatic hydroxyl groups is 3. The number of benzene rings is 1. The molecule has 0 bridgehead atoms. The first-order chi connectivity index (χ1) is 10.9. The molecule has 7 heteroatoms. The highest BCUT2D eigenvalue weighted by atomic mass is 16.6. The molecule has 1 aliphatic rings. The van der Waals surface area contributed by atoms with Crippen LogP contribution in [0.4, 0.5) is 0 Å². The van der Waals surface area contributed by atoms with E-state index >= 15 is 0 Å². The number of carbonyl (C=O) groups is 1. The Labute approximate surface area is 133 Å². The molecular weight excluding hydrogens is 304 g/mol. The summed E-state index contributed by atoms with van der Waals surface area (Å²) >= 11 is 0. The van der Waals surface area contributed by atoms with Gasteiger partial charge in [-0.15, -0.1) is 0 Å². The first kappa shape index (κ1) is 17.4. The van der Waals surface area contributed by atoms with E-state index in [1.165, 1.54) is 19.1 Å². The molecular formula is C16H20O7. The molecule has 5 atom stereocenters. The summed E-state index contributed by atoms with van der Waals surface area (Å²) in [5.41, 5.74) is 0.754. The minimum absolute atomic E-state index is 0.696.